The summed E-state index contributed by atoms with van der Waals surface area (Å²) in [7, 11) is 0. The molecule has 0 spiro atoms. The highest BCUT2D eigenvalue weighted by atomic mass is 19.1. The van der Waals surface area contributed by atoms with Gasteiger partial charge in [0.25, 0.3) is 0 Å². The van der Waals surface area contributed by atoms with Crippen molar-refractivity contribution >= 4 is 28.8 Å². The molecule has 1 fully saturated rings. The molecule has 4 rings (SSSR count). The Morgan fingerprint density at radius 3 is 2.84 bits per heavy atom. The maximum Gasteiger partial charge on any atom is 0.229 e. The molecule has 25 heavy (non-hydrogen) atoms. The van der Waals surface area contributed by atoms with Crippen LogP contribution in [0.5, 0.6) is 0 Å². The molecule has 1 saturated heterocycles. The van der Waals surface area contributed by atoms with E-state index < -0.39 is 5.92 Å². The third kappa shape index (κ3) is 2.93. The average molecular weight is 339 g/mol. The molecule has 0 saturated carbocycles. The molecule has 1 aliphatic rings. The van der Waals surface area contributed by atoms with Crippen LogP contribution in [-0.2, 0) is 9.59 Å². The third-order valence-corrected chi connectivity index (χ3v) is 4.15. The van der Waals surface area contributed by atoms with Crippen molar-refractivity contribution in [3.8, 4) is 0 Å². The molecule has 1 N–H and O–H groups in total. The second-order valence-electron chi connectivity index (χ2n) is 5.85. The van der Waals surface area contributed by atoms with E-state index in [1.165, 1.54) is 29.2 Å². The number of aromatic nitrogens is 3. The topological polar surface area (TPSA) is 79.6 Å². The molecule has 0 radical (unpaired) electrons. The highest BCUT2D eigenvalue weighted by molar-refractivity contribution is 6.03. The maximum atomic E-state index is 13.0. The van der Waals surface area contributed by atoms with E-state index in [0.29, 0.717) is 17.0 Å². The van der Waals surface area contributed by atoms with Crippen molar-refractivity contribution in [1.29, 1.82) is 0 Å². The molecular formula is C17H14FN5O2. The monoisotopic (exact) mass is 339 g/mol. The Morgan fingerprint density at radius 2 is 2.04 bits per heavy atom. The van der Waals surface area contributed by atoms with Gasteiger partial charge in [0.1, 0.15) is 5.82 Å². The van der Waals surface area contributed by atoms with Crippen molar-refractivity contribution in [2.75, 3.05) is 16.8 Å². The number of hydrogen-bond donors (Lipinski definition) is 1. The molecule has 0 bridgehead atoms. The van der Waals surface area contributed by atoms with Crippen LogP contribution in [0, 0.1) is 11.7 Å². The molecular weight excluding hydrogens is 325 g/mol. The Balaban J connectivity index is 1.47. The molecule has 2 aromatic heterocycles. The van der Waals surface area contributed by atoms with Gasteiger partial charge in [-0.3, -0.25) is 9.59 Å². The van der Waals surface area contributed by atoms with Crippen LogP contribution in [0.3, 0.4) is 0 Å². The first-order valence-corrected chi connectivity index (χ1v) is 7.76. The van der Waals surface area contributed by atoms with Gasteiger partial charge in [-0.05, 0) is 24.3 Å². The van der Waals surface area contributed by atoms with E-state index in [1.807, 2.05) is 0 Å². The van der Waals surface area contributed by atoms with Gasteiger partial charge in [-0.25, -0.2) is 13.9 Å². The lowest BCUT2D eigenvalue weighted by atomic mass is 10.1. The van der Waals surface area contributed by atoms with Gasteiger partial charge in [-0.15, -0.1) is 0 Å². The largest absolute Gasteiger partial charge is 0.323 e. The first-order valence-electron chi connectivity index (χ1n) is 7.76. The first kappa shape index (κ1) is 15.3. The number of nitrogens with one attached hydrogen (secondary N) is 1. The van der Waals surface area contributed by atoms with Gasteiger partial charge >= 0.3 is 0 Å². The molecule has 8 heteroatoms. The quantitative estimate of drug-likeness (QED) is 0.790. The second kappa shape index (κ2) is 5.97. The van der Waals surface area contributed by atoms with Crippen LogP contribution >= 0.6 is 0 Å². The summed E-state index contributed by atoms with van der Waals surface area (Å²) in [5.41, 5.74) is 1.77. The highest BCUT2D eigenvalue weighted by Crippen LogP contribution is 2.26. The lowest BCUT2D eigenvalue weighted by Gasteiger charge is -2.16. The van der Waals surface area contributed by atoms with Gasteiger partial charge in [0.2, 0.25) is 11.8 Å². The highest BCUT2D eigenvalue weighted by Gasteiger charge is 2.35. The fraction of sp³-hybridized carbons (Fsp3) is 0.176. The Labute approximate surface area is 142 Å². The van der Waals surface area contributed by atoms with Crippen molar-refractivity contribution in [2.24, 2.45) is 5.92 Å². The molecule has 1 aromatic carbocycles. The maximum absolute atomic E-state index is 13.0. The Kier molecular flexibility index (Phi) is 3.64. The molecule has 1 aliphatic heterocycles. The smallest absolute Gasteiger partial charge is 0.229 e. The number of carbonyl (C=O) groups is 2. The fourth-order valence-electron chi connectivity index (χ4n) is 2.87. The minimum absolute atomic E-state index is 0.112. The van der Waals surface area contributed by atoms with Crippen LogP contribution in [0.2, 0.25) is 0 Å². The summed E-state index contributed by atoms with van der Waals surface area (Å²) < 4.78 is 14.6. The summed E-state index contributed by atoms with van der Waals surface area (Å²) in [6, 6.07) is 7.40. The number of benzene rings is 1. The van der Waals surface area contributed by atoms with E-state index in [2.05, 4.69) is 15.4 Å². The summed E-state index contributed by atoms with van der Waals surface area (Å²) in [5.74, 6) is -1.27. The number of hydrogen-bond acceptors (Lipinski definition) is 4. The number of anilines is 2. The summed E-state index contributed by atoms with van der Waals surface area (Å²) >= 11 is 0. The van der Waals surface area contributed by atoms with Crippen molar-refractivity contribution in [2.45, 2.75) is 6.42 Å². The summed E-state index contributed by atoms with van der Waals surface area (Å²) in [6.45, 7) is 0.258. The Bertz CT molecular complexity index is 953. The van der Waals surface area contributed by atoms with E-state index in [4.69, 9.17) is 0 Å². The van der Waals surface area contributed by atoms with Crippen molar-refractivity contribution in [3.63, 3.8) is 0 Å². The van der Waals surface area contributed by atoms with Crippen LogP contribution in [-0.4, -0.2) is 33.0 Å². The van der Waals surface area contributed by atoms with E-state index >= 15 is 0 Å². The van der Waals surface area contributed by atoms with Crippen LogP contribution in [0.25, 0.3) is 5.65 Å². The Morgan fingerprint density at radius 1 is 1.24 bits per heavy atom. The van der Waals surface area contributed by atoms with Crippen molar-refractivity contribution < 1.29 is 14.0 Å². The fourth-order valence-corrected chi connectivity index (χ4v) is 2.87. The molecule has 3 heterocycles. The first-order chi connectivity index (χ1) is 12.1. The average Bonchev–Trinajstić information content (AvgIpc) is 3.22. The number of fused-ring (bicyclic) bond motifs is 1. The minimum Gasteiger partial charge on any atom is -0.323 e. The van der Waals surface area contributed by atoms with Crippen LogP contribution < -0.4 is 10.2 Å². The predicted molar refractivity (Wildman–Crippen MR) is 88.5 cm³/mol. The number of rotatable bonds is 3. The van der Waals surface area contributed by atoms with Gasteiger partial charge < -0.3 is 10.2 Å². The number of amides is 2. The molecule has 1 unspecified atom stereocenters. The summed E-state index contributed by atoms with van der Waals surface area (Å²) in [5, 5.41) is 6.83. The van der Waals surface area contributed by atoms with E-state index in [1.54, 1.807) is 29.2 Å². The van der Waals surface area contributed by atoms with Gasteiger partial charge in [-0.2, -0.15) is 5.10 Å². The second-order valence-corrected chi connectivity index (χ2v) is 5.85. The molecule has 2 amide bonds. The van der Waals surface area contributed by atoms with Gasteiger partial charge in [0.15, 0.2) is 5.65 Å². The molecule has 1 atom stereocenters. The zero-order valence-electron chi connectivity index (χ0n) is 13.1. The van der Waals surface area contributed by atoms with Crippen LogP contribution in [0.15, 0.2) is 48.9 Å². The number of carbonyl (C=O) groups excluding carboxylic acids is 2. The van der Waals surface area contributed by atoms with E-state index in [0.717, 1.165) is 0 Å². The number of nitrogens with zero attached hydrogens (tertiary/aromatic N) is 4. The molecule has 0 aliphatic carbocycles. The SMILES string of the molecule is O=C(Nc1cnc2ccnn2c1)C1CC(=O)N(c2ccc(F)cc2)C1. The van der Waals surface area contributed by atoms with Gasteiger partial charge in [-0.1, -0.05) is 0 Å². The zero-order chi connectivity index (χ0) is 17.4. The Hall–Kier alpha value is -3.29. The minimum atomic E-state index is -0.481. The zero-order valence-corrected chi connectivity index (χ0v) is 13.1. The van der Waals surface area contributed by atoms with Crippen LogP contribution in [0.4, 0.5) is 15.8 Å². The van der Waals surface area contributed by atoms with Gasteiger partial charge in [0, 0.05) is 24.7 Å². The normalized spacial score (nSPS) is 17.2. The molecule has 7 nitrogen and oxygen atoms in total. The predicted octanol–water partition coefficient (Wildman–Crippen LogP) is 1.86. The standard InChI is InChI=1S/C17H14FN5O2/c18-12-1-3-14(4-2-12)22-9-11(7-16(22)24)17(25)21-13-8-19-15-5-6-20-23(15)10-13/h1-6,8,10-11H,7,9H2,(H,21,25). The molecule has 126 valence electrons. The van der Waals surface area contributed by atoms with E-state index in [9.17, 15) is 14.0 Å². The lowest BCUT2D eigenvalue weighted by molar-refractivity contribution is -0.122. The van der Waals surface area contributed by atoms with Crippen molar-refractivity contribution in [1.82, 2.24) is 14.6 Å². The summed E-state index contributed by atoms with van der Waals surface area (Å²) in [6.07, 6.45) is 4.93. The van der Waals surface area contributed by atoms with Crippen molar-refractivity contribution in [3.05, 3.63) is 54.7 Å². The number of halogens is 1. The molecule has 3 aromatic rings. The third-order valence-electron chi connectivity index (χ3n) is 4.15. The summed E-state index contributed by atoms with van der Waals surface area (Å²) in [4.78, 5) is 30.3. The van der Waals surface area contributed by atoms with Gasteiger partial charge in [0.05, 0.1) is 30.2 Å². The van der Waals surface area contributed by atoms with Crippen LogP contribution in [0.1, 0.15) is 6.42 Å². The lowest BCUT2D eigenvalue weighted by Crippen LogP contribution is -2.28. The van der Waals surface area contributed by atoms with E-state index in [-0.39, 0.29) is 30.6 Å².